The van der Waals surface area contributed by atoms with Gasteiger partial charge in [-0.1, -0.05) is 42.5 Å². The summed E-state index contributed by atoms with van der Waals surface area (Å²) in [5.74, 6) is 6.61. The lowest BCUT2D eigenvalue weighted by atomic mass is 10.1. The number of esters is 1. The Balaban J connectivity index is 1.68. The number of aromatic nitrogens is 3. The Morgan fingerprint density at radius 2 is 1.71 bits per heavy atom. The Morgan fingerprint density at radius 3 is 2.39 bits per heavy atom. The van der Waals surface area contributed by atoms with Crippen LogP contribution in [-0.4, -0.2) is 28.0 Å². The van der Waals surface area contributed by atoms with Crippen LogP contribution in [0.1, 0.15) is 27.3 Å². The lowest BCUT2D eigenvalue weighted by Gasteiger charge is -2.17. The van der Waals surface area contributed by atoms with Gasteiger partial charge in [-0.05, 0) is 41.3 Å². The molecule has 2 N–H and O–H groups in total. The number of anilines is 1. The molecular formula is C20H20ClN5O2. The summed E-state index contributed by atoms with van der Waals surface area (Å²) in [6.07, 6.45) is 1.42. The molecule has 144 valence electrons. The third-order valence-corrected chi connectivity index (χ3v) is 4.28. The molecule has 7 nitrogen and oxygen atoms in total. The smallest absolute Gasteiger partial charge is 0.337 e. The molecule has 0 saturated heterocycles. The summed E-state index contributed by atoms with van der Waals surface area (Å²) in [7, 11) is 1.35. The maximum absolute atomic E-state index is 11.5. The largest absolute Gasteiger partial charge is 0.465 e. The lowest BCUT2D eigenvalue weighted by Crippen LogP contribution is -2.32. The van der Waals surface area contributed by atoms with Crippen molar-refractivity contribution in [2.45, 2.75) is 19.4 Å². The Labute approximate surface area is 168 Å². The van der Waals surface area contributed by atoms with Gasteiger partial charge in [0, 0.05) is 6.42 Å². The molecule has 0 spiro atoms. The van der Waals surface area contributed by atoms with Gasteiger partial charge in [0.25, 0.3) is 0 Å². The van der Waals surface area contributed by atoms with Crippen molar-refractivity contribution >= 4 is 23.5 Å². The molecule has 0 aliphatic heterocycles. The zero-order valence-corrected chi connectivity index (χ0v) is 16.1. The van der Waals surface area contributed by atoms with Gasteiger partial charge >= 0.3 is 5.97 Å². The first-order chi connectivity index (χ1) is 13.5. The number of hydrazine groups is 1. The van der Waals surface area contributed by atoms with Gasteiger partial charge in [0.2, 0.25) is 11.2 Å². The van der Waals surface area contributed by atoms with Crippen molar-refractivity contribution in [2.24, 2.45) is 5.84 Å². The molecule has 1 aromatic heterocycles. The highest BCUT2D eigenvalue weighted by Gasteiger charge is 2.12. The van der Waals surface area contributed by atoms with Crippen molar-refractivity contribution in [3.8, 4) is 0 Å². The fourth-order valence-electron chi connectivity index (χ4n) is 2.65. The van der Waals surface area contributed by atoms with E-state index in [9.17, 15) is 4.79 Å². The molecule has 0 radical (unpaired) electrons. The molecule has 0 aliphatic carbocycles. The molecule has 0 aliphatic rings. The monoisotopic (exact) mass is 397 g/mol. The number of aryl methyl sites for hydroxylation is 2. The average molecular weight is 398 g/mol. The number of nitrogens with zero attached hydrogens (tertiary/aromatic N) is 4. The standard InChI is InChI=1S/C20H20ClN5O2/c1-28-18(27)16-10-7-15(8-11-16)13-26(22)20-24-17(23-19(21)25-20)12-9-14-5-3-2-4-6-14/h2-8,10-11H,9,12-13,22H2,1H3. The van der Waals surface area contributed by atoms with Gasteiger partial charge < -0.3 is 4.74 Å². The SMILES string of the molecule is COC(=O)c1ccc(CN(N)c2nc(Cl)nc(CCc3ccccc3)n2)cc1. The molecular weight excluding hydrogens is 378 g/mol. The minimum absolute atomic E-state index is 0.101. The van der Waals surface area contributed by atoms with Crippen molar-refractivity contribution < 1.29 is 9.53 Å². The first-order valence-corrected chi connectivity index (χ1v) is 9.07. The first kappa shape index (κ1) is 19.7. The van der Waals surface area contributed by atoms with Gasteiger partial charge in [-0.2, -0.15) is 9.97 Å². The molecule has 0 unspecified atom stereocenters. The highest BCUT2D eigenvalue weighted by atomic mass is 35.5. The van der Waals surface area contributed by atoms with Crippen LogP contribution in [0.3, 0.4) is 0 Å². The molecule has 3 aromatic rings. The van der Waals surface area contributed by atoms with Gasteiger partial charge in [0.05, 0.1) is 19.2 Å². The van der Waals surface area contributed by atoms with E-state index < -0.39 is 0 Å². The fraction of sp³-hybridized carbons (Fsp3) is 0.200. The van der Waals surface area contributed by atoms with Crippen LogP contribution in [0.15, 0.2) is 54.6 Å². The van der Waals surface area contributed by atoms with E-state index in [4.69, 9.17) is 22.2 Å². The van der Waals surface area contributed by atoms with Gasteiger partial charge in [-0.15, -0.1) is 0 Å². The topological polar surface area (TPSA) is 94.2 Å². The summed E-state index contributed by atoms with van der Waals surface area (Å²) in [6.45, 7) is 0.347. The summed E-state index contributed by atoms with van der Waals surface area (Å²) in [5, 5.41) is 1.50. The highest BCUT2D eigenvalue weighted by Crippen LogP contribution is 2.14. The molecule has 0 bridgehead atoms. The third-order valence-electron chi connectivity index (χ3n) is 4.11. The number of carbonyl (C=O) groups excluding carboxylic acids is 1. The third kappa shape index (κ3) is 5.25. The zero-order chi connectivity index (χ0) is 19.9. The van der Waals surface area contributed by atoms with E-state index in [1.54, 1.807) is 24.3 Å². The van der Waals surface area contributed by atoms with E-state index in [1.165, 1.54) is 17.7 Å². The quantitative estimate of drug-likeness (QED) is 0.372. The maximum atomic E-state index is 11.5. The van der Waals surface area contributed by atoms with Crippen LogP contribution in [0.25, 0.3) is 0 Å². The van der Waals surface area contributed by atoms with Crippen molar-refractivity contribution in [3.63, 3.8) is 0 Å². The predicted octanol–water partition coefficient (Wildman–Crippen LogP) is 2.98. The van der Waals surface area contributed by atoms with Crippen molar-refractivity contribution in [3.05, 3.63) is 82.4 Å². The summed E-state index contributed by atoms with van der Waals surface area (Å²) in [6, 6.07) is 17.0. The van der Waals surface area contributed by atoms with Crippen LogP contribution in [0.4, 0.5) is 5.95 Å². The second kappa shape index (κ2) is 9.25. The summed E-state index contributed by atoms with van der Waals surface area (Å²) >= 11 is 6.05. The van der Waals surface area contributed by atoms with Crippen molar-refractivity contribution in [1.82, 2.24) is 15.0 Å². The van der Waals surface area contributed by atoms with Gasteiger partial charge in [-0.3, -0.25) is 5.01 Å². The summed E-state index contributed by atoms with van der Waals surface area (Å²) in [5.41, 5.74) is 2.55. The second-order valence-corrected chi connectivity index (χ2v) is 6.46. The van der Waals surface area contributed by atoms with Crippen molar-refractivity contribution in [1.29, 1.82) is 0 Å². The molecule has 1 heterocycles. The van der Waals surface area contributed by atoms with Crippen LogP contribution in [0.5, 0.6) is 0 Å². The molecule has 0 amide bonds. The van der Waals surface area contributed by atoms with E-state index in [0.717, 1.165) is 12.0 Å². The second-order valence-electron chi connectivity index (χ2n) is 6.12. The fourth-order valence-corrected chi connectivity index (χ4v) is 2.83. The Morgan fingerprint density at radius 1 is 1.00 bits per heavy atom. The van der Waals surface area contributed by atoms with E-state index in [1.807, 2.05) is 18.2 Å². The van der Waals surface area contributed by atoms with Crippen LogP contribution in [0.2, 0.25) is 5.28 Å². The number of nitrogens with two attached hydrogens (primary N) is 1. The number of benzene rings is 2. The molecule has 8 heteroatoms. The normalized spacial score (nSPS) is 10.5. The van der Waals surface area contributed by atoms with Crippen LogP contribution >= 0.6 is 11.6 Å². The van der Waals surface area contributed by atoms with E-state index in [-0.39, 0.29) is 11.3 Å². The summed E-state index contributed by atoms with van der Waals surface area (Å²) in [4.78, 5) is 24.2. The Kier molecular flexibility index (Phi) is 6.52. The number of hydrogen-bond acceptors (Lipinski definition) is 7. The number of carbonyl (C=O) groups is 1. The molecule has 0 atom stereocenters. The Bertz CT molecular complexity index is 935. The number of rotatable bonds is 7. The number of methoxy groups -OCH3 is 1. The summed E-state index contributed by atoms with van der Waals surface area (Å²) < 4.78 is 4.69. The first-order valence-electron chi connectivity index (χ1n) is 8.69. The number of ether oxygens (including phenoxy) is 1. The average Bonchev–Trinajstić information content (AvgIpc) is 2.72. The molecule has 0 saturated carbocycles. The van der Waals surface area contributed by atoms with Crippen molar-refractivity contribution in [2.75, 3.05) is 12.1 Å². The van der Waals surface area contributed by atoms with Gasteiger partial charge in [-0.25, -0.2) is 15.6 Å². The maximum Gasteiger partial charge on any atom is 0.337 e. The molecule has 0 fully saturated rings. The van der Waals surface area contributed by atoms with Crippen LogP contribution in [0, 0.1) is 0 Å². The van der Waals surface area contributed by atoms with E-state index in [0.29, 0.717) is 30.3 Å². The van der Waals surface area contributed by atoms with E-state index >= 15 is 0 Å². The molecule has 28 heavy (non-hydrogen) atoms. The predicted molar refractivity (Wildman–Crippen MR) is 107 cm³/mol. The molecule has 2 aromatic carbocycles. The van der Waals surface area contributed by atoms with Gasteiger partial charge in [0.1, 0.15) is 5.82 Å². The van der Waals surface area contributed by atoms with Crippen LogP contribution in [-0.2, 0) is 24.1 Å². The lowest BCUT2D eigenvalue weighted by molar-refractivity contribution is 0.0600. The van der Waals surface area contributed by atoms with Gasteiger partial charge in [0.15, 0.2) is 0 Å². The number of hydrogen-bond donors (Lipinski definition) is 1. The van der Waals surface area contributed by atoms with E-state index in [2.05, 4.69) is 27.1 Å². The zero-order valence-electron chi connectivity index (χ0n) is 15.4. The highest BCUT2D eigenvalue weighted by molar-refractivity contribution is 6.28. The minimum atomic E-state index is -0.386. The minimum Gasteiger partial charge on any atom is -0.465 e. The Hall–Kier alpha value is -3.03. The number of halogens is 1. The molecule has 3 rings (SSSR count). The van der Waals surface area contributed by atoms with Crippen LogP contribution < -0.4 is 10.9 Å².